The van der Waals surface area contributed by atoms with E-state index in [9.17, 15) is 0 Å². The van der Waals surface area contributed by atoms with Gasteiger partial charge in [0.1, 0.15) is 0 Å². The molecule has 0 atom stereocenters. The Morgan fingerprint density at radius 1 is 1.10 bits per heavy atom. The van der Waals surface area contributed by atoms with Crippen molar-refractivity contribution < 1.29 is 0 Å². The highest BCUT2D eigenvalue weighted by Crippen LogP contribution is 2.41. The van der Waals surface area contributed by atoms with Crippen LogP contribution in [0.3, 0.4) is 0 Å². The number of hydrogen-bond donors (Lipinski definition) is 1. The third-order valence-electron chi connectivity index (χ3n) is 4.45. The van der Waals surface area contributed by atoms with E-state index < -0.39 is 0 Å². The topological polar surface area (TPSA) is 12.0 Å². The SMILES string of the molecule is CCCNCC1(Cc2c(Cl)cccc2Cl)CCCCC1. The van der Waals surface area contributed by atoms with Gasteiger partial charge in [0.25, 0.3) is 0 Å². The molecule has 0 heterocycles. The third-order valence-corrected chi connectivity index (χ3v) is 5.16. The molecule has 1 nitrogen and oxygen atoms in total. The molecule has 1 aliphatic carbocycles. The van der Waals surface area contributed by atoms with Crippen LogP contribution in [0.1, 0.15) is 51.0 Å². The second-order valence-corrected chi connectivity index (χ2v) is 6.93. The zero-order chi connectivity index (χ0) is 14.4. The first-order valence-electron chi connectivity index (χ1n) is 7.80. The summed E-state index contributed by atoms with van der Waals surface area (Å²) in [7, 11) is 0. The molecular formula is C17H25Cl2N. The first-order valence-corrected chi connectivity index (χ1v) is 8.56. The molecule has 1 aliphatic rings. The van der Waals surface area contributed by atoms with Gasteiger partial charge >= 0.3 is 0 Å². The van der Waals surface area contributed by atoms with E-state index in [-0.39, 0.29) is 0 Å². The lowest BCUT2D eigenvalue weighted by Crippen LogP contribution is -2.38. The van der Waals surface area contributed by atoms with Gasteiger partial charge in [-0.05, 0) is 55.3 Å². The van der Waals surface area contributed by atoms with E-state index in [2.05, 4.69) is 12.2 Å². The van der Waals surface area contributed by atoms with Gasteiger partial charge in [-0.25, -0.2) is 0 Å². The van der Waals surface area contributed by atoms with Crippen molar-refractivity contribution >= 4 is 23.2 Å². The zero-order valence-electron chi connectivity index (χ0n) is 12.4. The molecule has 1 N–H and O–H groups in total. The lowest BCUT2D eigenvalue weighted by molar-refractivity contribution is 0.181. The number of halogens is 2. The molecule has 2 rings (SSSR count). The third kappa shape index (κ3) is 4.13. The van der Waals surface area contributed by atoms with E-state index in [1.165, 1.54) is 38.5 Å². The summed E-state index contributed by atoms with van der Waals surface area (Å²) >= 11 is 12.7. The van der Waals surface area contributed by atoms with Crippen molar-refractivity contribution in [3.63, 3.8) is 0 Å². The Labute approximate surface area is 133 Å². The molecule has 0 aliphatic heterocycles. The molecule has 0 aromatic heterocycles. The zero-order valence-corrected chi connectivity index (χ0v) is 13.9. The Kier molecular flexibility index (Phi) is 6.20. The van der Waals surface area contributed by atoms with Crippen LogP contribution in [0.4, 0.5) is 0 Å². The Hall–Kier alpha value is -0.240. The molecule has 0 unspecified atom stereocenters. The maximum absolute atomic E-state index is 6.37. The van der Waals surface area contributed by atoms with E-state index in [1.807, 2.05) is 18.2 Å². The van der Waals surface area contributed by atoms with Crippen molar-refractivity contribution in [1.29, 1.82) is 0 Å². The Bertz CT molecular complexity index is 405. The summed E-state index contributed by atoms with van der Waals surface area (Å²) in [6.45, 7) is 4.39. The summed E-state index contributed by atoms with van der Waals surface area (Å²) in [6, 6.07) is 5.84. The van der Waals surface area contributed by atoms with Crippen molar-refractivity contribution in [3.8, 4) is 0 Å². The Morgan fingerprint density at radius 2 is 1.75 bits per heavy atom. The van der Waals surface area contributed by atoms with Gasteiger partial charge in [0.05, 0.1) is 0 Å². The normalized spacial score (nSPS) is 18.1. The van der Waals surface area contributed by atoms with Gasteiger partial charge in [-0.3, -0.25) is 0 Å². The van der Waals surface area contributed by atoms with Crippen LogP contribution in [-0.2, 0) is 6.42 Å². The predicted octanol–water partition coefficient (Wildman–Crippen LogP) is 5.49. The fraction of sp³-hybridized carbons (Fsp3) is 0.647. The van der Waals surface area contributed by atoms with Crippen LogP contribution in [0, 0.1) is 5.41 Å². The summed E-state index contributed by atoms with van der Waals surface area (Å²) < 4.78 is 0. The molecule has 0 spiro atoms. The van der Waals surface area contributed by atoms with Gasteiger partial charge in [0.15, 0.2) is 0 Å². The number of hydrogen-bond acceptors (Lipinski definition) is 1. The molecule has 0 bridgehead atoms. The second kappa shape index (κ2) is 7.68. The lowest BCUT2D eigenvalue weighted by atomic mass is 9.70. The van der Waals surface area contributed by atoms with Crippen LogP contribution in [0.15, 0.2) is 18.2 Å². The maximum atomic E-state index is 6.37. The Morgan fingerprint density at radius 3 is 2.35 bits per heavy atom. The van der Waals surface area contributed by atoms with Crippen molar-refractivity contribution in [3.05, 3.63) is 33.8 Å². The van der Waals surface area contributed by atoms with Crippen molar-refractivity contribution in [2.45, 2.75) is 51.9 Å². The molecule has 0 amide bonds. The van der Waals surface area contributed by atoms with Crippen molar-refractivity contribution in [2.75, 3.05) is 13.1 Å². The highest BCUT2D eigenvalue weighted by molar-refractivity contribution is 6.36. The number of nitrogens with one attached hydrogen (secondary N) is 1. The van der Waals surface area contributed by atoms with Crippen LogP contribution in [0.25, 0.3) is 0 Å². The van der Waals surface area contributed by atoms with Gasteiger partial charge in [0, 0.05) is 16.6 Å². The summed E-state index contributed by atoms with van der Waals surface area (Å²) in [5.41, 5.74) is 1.47. The summed E-state index contributed by atoms with van der Waals surface area (Å²) in [5, 5.41) is 5.25. The van der Waals surface area contributed by atoms with Crippen LogP contribution in [0.5, 0.6) is 0 Å². The maximum Gasteiger partial charge on any atom is 0.0453 e. The van der Waals surface area contributed by atoms with E-state index in [0.29, 0.717) is 5.41 Å². The fourth-order valence-electron chi connectivity index (χ4n) is 3.32. The molecule has 1 saturated carbocycles. The average Bonchev–Trinajstić information content (AvgIpc) is 2.45. The number of benzene rings is 1. The van der Waals surface area contributed by atoms with Gasteiger partial charge in [-0.2, -0.15) is 0 Å². The molecular weight excluding hydrogens is 289 g/mol. The summed E-state index contributed by atoms with van der Waals surface area (Å²) in [5.74, 6) is 0. The van der Waals surface area contributed by atoms with Crippen LogP contribution < -0.4 is 5.32 Å². The smallest absolute Gasteiger partial charge is 0.0453 e. The highest BCUT2D eigenvalue weighted by Gasteiger charge is 2.33. The van der Waals surface area contributed by atoms with Gasteiger partial charge in [-0.15, -0.1) is 0 Å². The molecule has 112 valence electrons. The molecule has 0 saturated heterocycles. The van der Waals surface area contributed by atoms with Crippen molar-refractivity contribution in [2.24, 2.45) is 5.41 Å². The van der Waals surface area contributed by atoms with E-state index in [0.717, 1.165) is 35.1 Å². The molecule has 20 heavy (non-hydrogen) atoms. The second-order valence-electron chi connectivity index (χ2n) is 6.11. The van der Waals surface area contributed by atoms with Gasteiger partial charge in [0.2, 0.25) is 0 Å². The van der Waals surface area contributed by atoms with Gasteiger partial charge < -0.3 is 5.32 Å². The minimum absolute atomic E-state index is 0.335. The van der Waals surface area contributed by atoms with E-state index in [4.69, 9.17) is 23.2 Å². The minimum atomic E-state index is 0.335. The van der Waals surface area contributed by atoms with Crippen molar-refractivity contribution in [1.82, 2.24) is 5.32 Å². The summed E-state index contributed by atoms with van der Waals surface area (Å²) in [6.07, 6.45) is 8.78. The van der Waals surface area contributed by atoms with E-state index in [1.54, 1.807) is 0 Å². The largest absolute Gasteiger partial charge is 0.316 e. The molecule has 1 aromatic rings. The standard InChI is InChI=1S/C17H25Cl2N/c1-2-11-20-13-17(9-4-3-5-10-17)12-14-15(18)7-6-8-16(14)19/h6-8,20H,2-5,9-13H2,1H3. The fourth-order valence-corrected chi connectivity index (χ4v) is 3.86. The molecule has 0 radical (unpaired) electrons. The predicted molar refractivity (Wildman–Crippen MR) is 88.8 cm³/mol. The van der Waals surface area contributed by atoms with Crippen LogP contribution >= 0.6 is 23.2 Å². The summed E-state index contributed by atoms with van der Waals surface area (Å²) in [4.78, 5) is 0. The first-order chi connectivity index (χ1) is 9.67. The molecule has 1 aromatic carbocycles. The monoisotopic (exact) mass is 313 g/mol. The highest BCUT2D eigenvalue weighted by atomic mass is 35.5. The molecule has 3 heteroatoms. The Balaban J connectivity index is 2.14. The molecule has 1 fully saturated rings. The first kappa shape index (κ1) is 16.1. The average molecular weight is 314 g/mol. The van der Waals surface area contributed by atoms with Crippen LogP contribution in [-0.4, -0.2) is 13.1 Å². The lowest BCUT2D eigenvalue weighted by Gasteiger charge is -2.38. The minimum Gasteiger partial charge on any atom is -0.316 e. The quantitative estimate of drug-likeness (QED) is 0.685. The van der Waals surface area contributed by atoms with Gasteiger partial charge in [-0.1, -0.05) is 55.5 Å². The van der Waals surface area contributed by atoms with E-state index >= 15 is 0 Å². The van der Waals surface area contributed by atoms with Crippen LogP contribution in [0.2, 0.25) is 10.0 Å². The number of rotatable bonds is 6.